The van der Waals surface area contributed by atoms with Crippen LogP contribution >= 0.6 is 11.6 Å². The zero-order chi connectivity index (χ0) is 35.9. The molecular formula is C33H43ClFN7O7S. The Balaban J connectivity index is 1.21. The summed E-state index contributed by atoms with van der Waals surface area (Å²) < 4.78 is 52.6. The molecule has 0 radical (unpaired) electrons. The number of rotatable bonds is 16. The number of carbonyl (C=O) groups is 3. The summed E-state index contributed by atoms with van der Waals surface area (Å²) in [6, 6.07) is 7.27. The van der Waals surface area contributed by atoms with Gasteiger partial charge in [0.25, 0.3) is 0 Å². The van der Waals surface area contributed by atoms with Gasteiger partial charge in [-0.15, -0.1) is 0 Å². The van der Waals surface area contributed by atoms with Crippen molar-refractivity contribution < 1.29 is 36.7 Å². The van der Waals surface area contributed by atoms with E-state index in [4.69, 9.17) is 26.1 Å². The van der Waals surface area contributed by atoms with Crippen molar-refractivity contribution in [3.63, 3.8) is 0 Å². The Morgan fingerprint density at radius 1 is 1.18 bits per heavy atom. The third kappa shape index (κ3) is 8.53. The van der Waals surface area contributed by atoms with Crippen LogP contribution in [0.15, 0.2) is 36.7 Å². The number of ether oxygens (including phenoxy) is 2. The van der Waals surface area contributed by atoms with Gasteiger partial charge in [0.2, 0.25) is 21.8 Å². The van der Waals surface area contributed by atoms with Crippen molar-refractivity contribution >= 4 is 56.3 Å². The first-order valence-corrected chi connectivity index (χ1v) is 18.8. The molecule has 3 amide bonds. The number of pyridine rings is 1. The van der Waals surface area contributed by atoms with Gasteiger partial charge >= 0.3 is 6.09 Å². The Morgan fingerprint density at radius 2 is 1.96 bits per heavy atom. The monoisotopic (exact) mass is 735 g/mol. The molecule has 272 valence electrons. The number of halogens is 2. The van der Waals surface area contributed by atoms with Crippen LogP contribution in [0, 0.1) is 0 Å². The fourth-order valence-corrected chi connectivity index (χ4v) is 7.65. The lowest BCUT2D eigenvalue weighted by Crippen LogP contribution is -2.50. The van der Waals surface area contributed by atoms with E-state index in [-0.39, 0.29) is 45.2 Å². The molecule has 1 saturated heterocycles. The number of anilines is 1. The topological polar surface area (TPSA) is 165 Å². The van der Waals surface area contributed by atoms with Crippen LogP contribution in [0.4, 0.5) is 14.9 Å². The molecule has 5 rings (SSSR count). The van der Waals surface area contributed by atoms with E-state index in [2.05, 4.69) is 15.0 Å². The largest absolute Gasteiger partial charge is 0.445 e. The number of unbranched alkanes of at least 4 members (excludes halogenated alkanes) is 1. The normalized spacial score (nSPS) is 16.2. The van der Waals surface area contributed by atoms with Crippen molar-refractivity contribution in [3.8, 4) is 0 Å². The molecule has 0 aliphatic carbocycles. The third-order valence-electron chi connectivity index (χ3n) is 8.98. The second-order valence-electron chi connectivity index (χ2n) is 12.4. The summed E-state index contributed by atoms with van der Waals surface area (Å²) in [5, 5.41) is 3.01. The van der Waals surface area contributed by atoms with Gasteiger partial charge in [0.15, 0.2) is 0 Å². The maximum atomic E-state index is 14.3. The molecular weight excluding hydrogens is 693 g/mol. The molecule has 1 aromatic carbocycles. The first kappa shape index (κ1) is 37.4. The average molecular weight is 736 g/mol. The number of nitrogens with zero attached hydrogens (tertiary/aromatic N) is 5. The molecule has 1 atom stereocenters. The smallest absolute Gasteiger partial charge is 0.410 e. The van der Waals surface area contributed by atoms with E-state index < -0.39 is 46.0 Å². The lowest BCUT2D eigenvalue weighted by Gasteiger charge is -2.38. The zero-order valence-electron chi connectivity index (χ0n) is 28.2. The molecule has 50 heavy (non-hydrogen) atoms. The number of hydrogen-bond donors (Lipinski definition) is 2. The van der Waals surface area contributed by atoms with E-state index in [1.165, 1.54) is 4.90 Å². The first-order chi connectivity index (χ1) is 24.0. The lowest BCUT2D eigenvalue weighted by molar-refractivity contribution is -0.125. The molecule has 2 aromatic heterocycles. The number of nitrogens with one attached hydrogen (secondary N) is 2. The summed E-state index contributed by atoms with van der Waals surface area (Å²) in [6.45, 7) is 4.87. The fraction of sp³-hybridized carbons (Fsp3) is 0.545. The summed E-state index contributed by atoms with van der Waals surface area (Å²) in [4.78, 5) is 51.7. The average Bonchev–Trinajstić information content (AvgIpc) is 3.53. The second kappa shape index (κ2) is 16.4. The van der Waals surface area contributed by atoms with E-state index in [9.17, 15) is 27.2 Å². The number of hydrogen-bond acceptors (Lipinski definition) is 9. The Bertz CT molecular complexity index is 1800. The second-order valence-corrected chi connectivity index (χ2v) is 14.7. The van der Waals surface area contributed by atoms with Gasteiger partial charge in [0.05, 0.1) is 48.2 Å². The predicted octanol–water partition coefficient (Wildman–Crippen LogP) is 3.31. The number of imidazole rings is 1. The maximum Gasteiger partial charge on any atom is 0.410 e. The van der Waals surface area contributed by atoms with Gasteiger partial charge in [0, 0.05) is 50.6 Å². The van der Waals surface area contributed by atoms with Gasteiger partial charge in [0.1, 0.15) is 17.7 Å². The SMILES string of the molecule is CCOCCNC(=O)CS(=O)(=O)NC[C@@H](C)OC(=O)N1CCC2(CC1)C(=O)N(Cc1nc3cc(Cl)ccc3n1CCCCF)c1cnccc12. The molecule has 2 aliphatic rings. The Hall–Kier alpha value is -3.86. The van der Waals surface area contributed by atoms with Gasteiger partial charge in [-0.3, -0.25) is 19.0 Å². The molecule has 3 aromatic rings. The number of fused-ring (bicyclic) bond motifs is 3. The van der Waals surface area contributed by atoms with E-state index in [1.807, 2.05) is 23.6 Å². The van der Waals surface area contributed by atoms with Gasteiger partial charge < -0.3 is 29.2 Å². The summed E-state index contributed by atoms with van der Waals surface area (Å²) >= 11 is 6.25. The minimum atomic E-state index is -3.96. The molecule has 1 spiro atoms. The highest BCUT2D eigenvalue weighted by atomic mass is 35.5. The molecule has 1 fully saturated rings. The van der Waals surface area contributed by atoms with Crippen LogP contribution in [-0.4, -0.2) is 104 Å². The number of aromatic nitrogens is 3. The van der Waals surface area contributed by atoms with Crippen molar-refractivity contribution in [2.45, 2.75) is 64.1 Å². The number of sulfonamides is 1. The van der Waals surface area contributed by atoms with Gasteiger partial charge in [-0.05, 0) is 69.4 Å². The number of benzene rings is 1. The number of amides is 3. The number of piperidine rings is 1. The van der Waals surface area contributed by atoms with Gasteiger partial charge in [-0.25, -0.2) is 22.9 Å². The molecule has 0 saturated carbocycles. The number of alkyl halides is 1. The van der Waals surface area contributed by atoms with Crippen molar-refractivity contribution in [1.82, 2.24) is 29.5 Å². The van der Waals surface area contributed by atoms with Gasteiger partial charge in [-0.2, -0.15) is 0 Å². The fourth-order valence-electron chi connectivity index (χ4n) is 6.44. The quantitative estimate of drug-likeness (QED) is 0.210. The Morgan fingerprint density at radius 3 is 2.70 bits per heavy atom. The standard InChI is InChI=1S/C33H43ClFN7O7S/c1-3-48-17-13-37-30(43)22-50(46,47)38-19-23(2)49-32(45)40-15-9-33(10-16-40)25-8-12-36-20-28(25)42(31(33)44)21-29-39-26-18-24(34)6-7-27(26)41(29)14-5-4-11-35/h6-8,12,18,20,23,38H,3-5,9-11,13-17,19,21-22H2,1-2H3,(H,37,43)/t23-/m1/s1. The Labute approximate surface area is 295 Å². The molecule has 2 aliphatic heterocycles. The summed E-state index contributed by atoms with van der Waals surface area (Å²) in [5.41, 5.74) is 2.17. The van der Waals surface area contributed by atoms with Crippen LogP contribution in [0.25, 0.3) is 11.0 Å². The molecule has 14 nitrogen and oxygen atoms in total. The van der Waals surface area contributed by atoms with Crippen molar-refractivity contribution in [2.75, 3.05) is 56.7 Å². The van der Waals surface area contributed by atoms with Crippen LogP contribution in [0.2, 0.25) is 5.02 Å². The highest BCUT2D eigenvalue weighted by molar-refractivity contribution is 7.90. The zero-order valence-corrected chi connectivity index (χ0v) is 29.8. The lowest BCUT2D eigenvalue weighted by atomic mass is 9.74. The van der Waals surface area contributed by atoms with E-state index in [1.54, 1.807) is 36.4 Å². The number of likely N-dealkylation sites (tertiary alicyclic amines) is 1. The number of carbonyl (C=O) groups excluding carboxylic acids is 3. The highest BCUT2D eigenvalue weighted by Crippen LogP contribution is 2.48. The maximum absolute atomic E-state index is 14.3. The first-order valence-electron chi connectivity index (χ1n) is 16.7. The van der Waals surface area contributed by atoms with Gasteiger partial charge in [-0.1, -0.05) is 11.6 Å². The van der Waals surface area contributed by atoms with E-state index in [0.29, 0.717) is 60.9 Å². The molecule has 0 bridgehead atoms. The highest BCUT2D eigenvalue weighted by Gasteiger charge is 2.53. The van der Waals surface area contributed by atoms with Crippen molar-refractivity contribution in [3.05, 3.63) is 53.1 Å². The molecule has 4 heterocycles. The van der Waals surface area contributed by atoms with Crippen LogP contribution in [0.5, 0.6) is 0 Å². The summed E-state index contributed by atoms with van der Waals surface area (Å²) in [7, 11) is -3.96. The van der Waals surface area contributed by atoms with Crippen LogP contribution < -0.4 is 14.9 Å². The van der Waals surface area contributed by atoms with Crippen LogP contribution in [0.1, 0.15) is 50.9 Å². The van der Waals surface area contributed by atoms with E-state index in [0.717, 1.165) is 11.1 Å². The third-order valence-corrected chi connectivity index (χ3v) is 10.5. The molecule has 17 heteroatoms. The Kier molecular flexibility index (Phi) is 12.3. The van der Waals surface area contributed by atoms with Crippen molar-refractivity contribution in [2.24, 2.45) is 0 Å². The summed E-state index contributed by atoms with van der Waals surface area (Å²) in [6.07, 6.45) is 3.58. The minimum Gasteiger partial charge on any atom is -0.445 e. The predicted molar refractivity (Wildman–Crippen MR) is 185 cm³/mol. The number of aryl methyl sites for hydroxylation is 1. The minimum absolute atomic E-state index is 0.112. The summed E-state index contributed by atoms with van der Waals surface area (Å²) in [5.74, 6) is -0.895. The van der Waals surface area contributed by atoms with Crippen molar-refractivity contribution in [1.29, 1.82) is 0 Å². The van der Waals surface area contributed by atoms with Crippen LogP contribution in [0.3, 0.4) is 0 Å². The molecule has 0 unspecified atom stereocenters. The molecule has 2 N–H and O–H groups in total. The van der Waals surface area contributed by atoms with Crippen LogP contribution in [-0.2, 0) is 47.6 Å². The van der Waals surface area contributed by atoms with E-state index >= 15 is 0 Å².